The summed E-state index contributed by atoms with van der Waals surface area (Å²) in [5.41, 5.74) is 2.20. The average Bonchev–Trinajstić information content (AvgIpc) is 2.75. The highest BCUT2D eigenvalue weighted by Crippen LogP contribution is 2.31. The van der Waals surface area contributed by atoms with Crippen LogP contribution in [-0.4, -0.2) is 39.6 Å². The molecule has 0 unspecified atom stereocenters. The number of hydrogen-bond acceptors (Lipinski definition) is 5. The van der Waals surface area contributed by atoms with Crippen LogP contribution in [0.1, 0.15) is 47.3 Å². The Morgan fingerprint density at radius 3 is 2.70 bits per heavy atom. The molecule has 1 fully saturated rings. The molecule has 0 saturated carbocycles. The molecule has 0 aliphatic carbocycles. The highest BCUT2D eigenvalue weighted by Gasteiger charge is 2.36. The molecular weight excluding hydrogens is 430 g/mol. The van der Waals surface area contributed by atoms with Crippen LogP contribution in [0, 0.1) is 6.92 Å². The molecule has 1 aliphatic rings. The van der Waals surface area contributed by atoms with Gasteiger partial charge in [-0.25, -0.2) is 18.6 Å². The Hall–Kier alpha value is -3.49. The molecule has 1 aliphatic heterocycles. The molecule has 1 aromatic heterocycles. The number of carbonyl (C=O) groups is 1. The lowest BCUT2D eigenvalue weighted by Crippen LogP contribution is -2.45. The molecule has 3 aromatic rings. The zero-order valence-electron chi connectivity index (χ0n) is 18.7. The Bertz CT molecular complexity index is 1290. The minimum atomic E-state index is -2.84. The summed E-state index contributed by atoms with van der Waals surface area (Å²) in [4.78, 5) is 30.9. The number of fused-ring (bicyclic) bond motifs is 1. The third kappa shape index (κ3) is 4.40. The zero-order valence-corrected chi connectivity index (χ0v) is 18.7. The van der Waals surface area contributed by atoms with Gasteiger partial charge < -0.3 is 15.3 Å². The van der Waals surface area contributed by atoms with Crippen molar-refractivity contribution in [3.05, 3.63) is 63.4 Å². The van der Waals surface area contributed by atoms with E-state index in [1.54, 1.807) is 31.3 Å². The van der Waals surface area contributed by atoms with Crippen molar-refractivity contribution >= 4 is 28.5 Å². The number of aryl methyl sites for hydroxylation is 1. The SMILES string of the molecule is Cc1cc([C@@H](C)Nc2ccccc2C(=O)O)c2nc(N3CCCC(F)(F)C3)n(C)c(=O)c2c1. The van der Waals surface area contributed by atoms with Crippen LogP contribution in [0.5, 0.6) is 0 Å². The van der Waals surface area contributed by atoms with E-state index in [2.05, 4.69) is 10.3 Å². The lowest BCUT2D eigenvalue weighted by atomic mass is 10.0. The third-order valence-corrected chi connectivity index (χ3v) is 6.00. The Labute approximate surface area is 189 Å². The molecule has 7 nitrogen and oxygen atoms in total. The highest BCUT2D eigenvalue weighted by atomic mass is 19.3. The fourth-order valence-electron chi connectivity index (χ4n) is 4.40. The fourth-order valence-corrected chi connectivity index (χ4v) is 4.40. The second-order valence-corrected chi connectivity index (χ2v) is 8.62. The number of carboxylic acid groups (broad SMARTS) is 1. The topological polar surface area (TPSA) is 87.5 Å². The maximum absolute atomic E-state index is 14.1. The van der Waals surface area contributed by atoms with Crippen molar-refractivity contribution in [3.8, 4) is 0 Å². The number of para-hydroxylation sites is 1. The van der Waals surface area contributed by atoms with Crippen LogP contribution >= 0.6 is 0 Å². The summed E-state index contributed by atoms with van der Waals surface area (Å²) in [5, 5.41) is 13.1. The van der Waals surface area contributed by atoms with E-state index in [0.29, 0.717) is 35.1 Å². The predicted molar refractivity (Wildman–Crippen MR) is 124 cm³/mol. The van der Waals surface area contributed by atoms with Crippen molar-refractivity contribution in [3.63, 3.8) is 0 Å². The first-order valence-electron chi connectivity index (χ1n) is 10.8. The van der Waals surface area contributed by atoms with Gasteiger partial charge in [0.1, 0.15) is 0 Å². The van der Waals surface area contributed by atoms with Gasteiger partial charge in [-0.3, -0.25) is 9.36 Å². The second-order valence-electron chi connectivity index (χ2n) is 8.62. The number of nitrogens with one attached hydrogen (secondary N) is 1. The summed E-state index contributed by atoms with van der Waals surface area (Å²) in [6, 6.07) is 9.78. The van der Waals surface area contributed by atoms with Crippen molar-refractivity contribution in [1.82, 2.24) is 9.55 Å². The van der Waals surface area contributed by atoms with Gasteiger partial charge in [-0.2, -0.15) is 0 Å². The van der Waals surface area contributed by atoms with Crippen molar-refractivity contribution in [1.29, 1.82) is 0 Å². The van der Waals surface area contributed by atoms with Crippen LogP contribution in [0.15, 0.2) is 41.2 Å². The monoisotopic (exact) mass is 456 g/mol. The van der Waals surface area contributed by atoms with Crippen LogP contribution in [0.4, 0.5) is 20.4 Å². The molecular formula is C24H26F2N4O3. The molecule has 1 saturated heterocycles. The lowest BCUT2D eigenvalue weighted by Gasteiger charge is -2.34. The van der Waals surface area contributed by atoms with Gasteiger partial charge in [0.15, 0.2) is 0 Å². The number of alkyl halides is 2. The number of anilines is 2. The molecule has 2 N–H and O–H groups in total. The average molecular weight is 456 g/mol. The number of piperidine rings is 1. The van der Waals surface area contributed by atoms with Crippen LogP contribution in [0.2, 0.25) is 0 Å². The van der Waals surface area contributed by atoms with E-state index >= 15 is 0 Å². The van der Waals surface area contributed by atoms with Crippen LogP contribution in [0.25, 0.3) is 10.9 Å². The van der Waals surface area contributed by atoms with Crippen LogP contribution in [-0.2, 0) is 7.05 Å². The number of aromatic nitrogens is 2. The Balaban J connectivity index is 1.83. The number of aromatic carboxylic acids is 1. The summed E-state index contributed by atoms with van der Waals surface area (Å²) < 4.78 is 29.5. The van der Waals surface area contributed by atoms with E-state index in [1.165, 1.54) is 15.5 Å². The lowest BCUT2D eigenvalue weighted by molar-refractivity contribution is -0.0122. The largest absolute Gasteiger partial charge is 0.478 e. The summed E-state index contributed by atoms with van der Waals surface area (Å²) in [7, 11) is 1.55. The van der Waals surface area contributed by atoms with E-state index in [0.717, 1.165) is 5.56 Å². The third-order valence-electron chi connectivity index (χ3n) is 6.00. The smallest absolute Gasteiger partial charge is 0.337 e. The van der Waals surface area contributed by atoms with E-state index in [1.807, 2.05) is 19.9 Å². The van der Waals surface area contributed by atoms with Gasteiger partial charge in [0.05, 0.1) is 29.1 Å². The van der Waals surface area contributed by atoms with Crippen molar-refractivity contribution in [2.24, 2.45) is 7.05 Å². The molecule has 1 atom stereocenters. The first-order valence-corrected chi connectivity index (χ1v) is 10.8. The maximum atomic E-state index is 14.1. The molecule has 0 radical (unpaired) electrons. The summed E-state index contributed by atoms with van der Waals surface area (Å²) in [6.45, 7) is 3.61. The molecule has 9 heteroatoms. The minimum absolute atomic E-state index is 0.126. The van der Waals surface area contributed by atoms with Crippen LogP contribution < -0.4 is 15.8 Å². The molecule has 2 aromatic carbocycles. The molecule has 0 amide bonds. The predicted octanol–water partition coefficient (Wildman–Crippen LogP) is 4.35. The van der Waals surface area contributed by atoms with Gasteiger partial charge in [0, 0.05) is 31.3 Å². The molecule has 2 heterocycles. The fraction of sp³-hybridized carbons (Fsp3) is 0.375. The highest BCUT2D eigenvalue weighted by molar-refractivity contribution is 5.94. The Morgan fingerprint density at radius 1 is 1.27 bits per heavy atom. The summed E-state index contributed by atoms with van der Waals surface area (Å²) in [6.07, 6.45) is 0.130. The van der Waals surface area contributed by atoms with Gasteiger partial charge in [0.2, 0.25) is 5.95 Å². The van der Waals surface area contributed by atoms with Gasteiger partial charge in [0.25, 0.3) is 11.5 Å². The van der Waals surface area contributed by atoms with Gasteiger partial charge >= 0.3 is 5.97 Å². The van der Waals surface area contributed by atoms with Crippen molar-refractivity contribution in [2.75, 3.05) is 23.3 Å². The molecule has 33 heavy (non-hydrogen) atoms. The first-order chi connectivity index (χ1) is 15.6. The molecule has 4 rings (SSSR count). The summed E-state index contributed by atoms with van der Waals surface area (Å²) in [5.74, 6) is -3.69. The number of hydrogen-bond donors (Lipinski definition) is 2. The molecule has 0 spiro atoms. The number of carboxylic acids is 1. The van der Waals surface area contributed by atoms with E-state index in [4.69, 9.17) is 0 Å². The number of rotatable bonds is 5. The van der Waals surface area contributed by atoms with Gasteiger partial charge in [-0.05, 0) is 44.0 Å². The van der Waals surface area contributed by atoms with Gasteiger partial charge in [-0.1, -0.05) is 18.2 Å². The van der Waals surface area contributed by atoms with Crippen LogP contribution in [0.3, 0.4) is 0 Å². The number of nitrogens with zero attached hydrogens (tertiary/aromatic N) is 3. The molecule has 0 bridgehead atoms. The zero-order chi connectivity index (χ0) is 23.9. The van der Waals surface area contributed by atoms with Crippen molar-refractivity contribution < 1.29 is 18.7 Å². The second kappa shape index (κ2) is 8.46. The number of benzene rings is 2. The summed E-state index contributed by atoms with van der Waals surface area (Å²) >= 11 is 0. The van der Waals surface area contributed by atoms with E-state index in [-0.39, 0.29) is 23.5 Å². The van der Waals surface area contributed by atoms with Gasteiger partial charge in [-0.15, -0.1) is 0 Å². The standard InChI is InChI=1S/C24H26F2N4O3/c1-14-11-17(15(2)27-19-8-5-4-7-16(19)22(32)33)20-18(12-14)21(31)29(3)23(28-20)30-10-6-9-24(25,26)13-30/h4-5,7-8,11-12,15,27H,6,9-10,13H2,1-3H3,(H,32,33)/t15-/m1/s1. The maximum Gasteiger partial charge on any atom is 0.337 e. The van der Waals surface area contributed by atoms with E-state index < -0.39 is 24.5 Å². The normalized spacial score (nSPS) is 16.6. The first kappa shape index (κ1) is 22.7. The van der Waals surface area contributed by atoms with E-state index in [9.17, 15) is 23.5 Å². The Morgan fingerprint density at radius 2 is 2.00 bits per heavy atom. The minimum Gasteiger partial charge on any atom is -0.478 e. The van der Waals surface area contributed by atoms with Crippen molar-refractivity contribution in [2.45, 2.75) is 38.7 Å². The Kier molecular flexibility index (Phi) is 5.82. The number of halogens is 2. The quantitative estimate of drug-likeness (QED) is 0.594. The molecule has 174 valence electrons.